The van der Waals surface area contributed by atoms with Gasteiger partial charge in [-0.15, -0.1) is 0 Å². The molecular weight excluding hydrogens is 627 g/mol. The van der Waals surface area contributed by atoms with Gasteiger partial charge in [-0.1, -0.05) is 157 Å². The number of nitrogens with zero attached hydrogens (tertiary/aromatic N) is 1. The SMILES string of the molecule is Cc1ccc(-c2ccc3c(c2)c2c4cccc5c4c(cc2n3-c2ccccc2)-c2c-5c(-c3ccccc3)c3ccccc3c2-c2ccccc2)cc1. The molecule has 0 N–H and O–H groups in total. The molecule has 10 aromatic rings. The molecule has 11 rings (SSSR count). The molecule has 0 atom stereocenters. The van der Waals surface area contributed by atoms with Crippen LogP contribution < -0.4 is 0 Å². The van der Waals surface area contributed by atoms with Crippen LogP contribution in [0, 0.1) is 6.92 Å². The highest BCUT2D eigenvalue weighted by atomic mass is 15.0. The minimum absolute atomic E-state index is 1.17. The summed E-state index contributed by atoms with van der Waals surface area (Å²) in [6.07, 6.45) is 0. The van der Waals surface area contributed by atoms with Gasteiger partial charge >= 0.3 is 0 Å². The van der Waals surface area contributed by atoms with E-state index in [0.29, 0.717) is 0 Å². The number of benzene rings is 9. The molecule has 1 nitrogen and oxygen atoms in total. The van der Waals surface area contributed by atoms with Crippen LogP contribution in [0.1, 0.15) is 5.56 Å². The summed E-state index contributed by atoms with van der Waals surface area (Å²) in [5.41, 5.74) is 17.7. The van der Waals surface area contributed by atoms with Crippen molar-refractivity contribution in [1.82, 2.24) is 4.57 Å². The smallest absolute Gasteiger partial charge is 0.0553 e. The number of aromatic nitrogens is 1. The Morgan fingerprint density at radius 3 is 1.54 bits per heavy atom. The molecule has 1 heterocycles. The zero-order chi connectivity index (χ0) is 34.3. The first-order chi connectivity index (χ1) is 25.7. The maximum absolute atomic E-state index is 2.50. The Balaban J connectivity index is 1.34. The van der Waals surface area contributed by atoms with Gasteiger partial charge in [-0.25, -0.2) is 0 Å². The van der Waals surface area contributed by atoms with Gasteiger partial charge in [0.1, 0.15) is 0 Å². The van der Waals surface area contributed by atoms with E-state index in [1.807, 2.05) is 0 Å². The third-order valence-corrected chi connectivity index (χ3v) is 11.2. The van der Waals surface area contributed by atoms with Crippen LogP contribution in [0.2, 0.25) is 0 Å². The van der Waals surface area contributed by atoms with E-state index in [9.17, 15) is 0 Å². The molecule has 1 aromatic heterocycles. The van der Waals surface area contributed by atoms with Crippen LogP contribution >= 0.6 is 0 Å². The Labute approximate surface area is 302 Å². The van der Waals surface area contributed by atoms with Gasteiger partial charge in [-0.05, 0) is 114 Å². The average Bonchev–Trinajstić information content (AvgIpc) is 3.71. The molecule has 0 spiro atoms. The average molecular weight is 660 g/mol. The van der Waals surface area contributed by atoms with Crippen LogP contribution in [0.5, 0.6) is 0 Å². The molecular formula is C51H33N. The van der Waals surface area contributed by atoms with Gasteiger partial charge in [0, 0.05) is 16.5 Å². The van der Waals surface area contributed by atoms with Crippen molar-refractivity contribution in [3.05, 3.63) is 188 Å². The third kappa shape index (κ3) is 4.11. The summed E-state index contributed by atoms with van der Waals surface area (Å²) in [7, 11) is 0. The van der Waals surface area contributed by atoms with Crippen LogP contribution in [0.25, 0.3) is 105 Å². The maximum atomic E-state index is 2.50. The van der Waals surface area contributed by atoms with Gasteiger partial charge in [-0.3, -0.25) is 0 Å². The van der Waals surface area contributed by atoms with E-state index < -0.39 is 0 Å². The van der Waals surface area contributed by atoms with Gasteiger partial charge in [0.2, 0.25) is 0 Å². The highest BCUT2D eigenvalue weighted by Gasteiger charge is 2.32. The highest BCUT2D eigenvalue weighted by molar-refractivity contribution is 6.34. The number of para-hydroxylation sites is 1. The first-order valence-corrected chi connectivity index (χ1v) is 18.1. The molecule has 52 heavy (non-hydrogen) atoms. The largest absolute Gasteiger partial charge is 0.309 e. The zero-order valence-corrected chi connectivity index (χ0v) is 28.8. The Bertz CT molecular complexity index is 3020. The maximum Gasteiger partial charge on any atom is 0.0553 e. The van der Waals surface area contributed by atoms with Crippen molar-refractivity contribution in [3.63, 3.8) is 0 Å². The second-order valence-corrected chi connectivity index (χ2v) is 14.1. The third-order valence-electron chi connectivity index (χ3n) is 11.2. The summed E-state index contributed by atoms with van der Waals surface area (Å²) in [5, 5.41) is 7.76. The first kappa shape index (κ1) is 29.1. The molecule has 242 valence electrons. The molecule has 0 aliphatic heterocycles. The summed E-state index contributed by atoms with van der Waals surface area (Å²) in [5.74, 6) is 0. The molecule has 0 bridgehead atoms. The van der Waals surface area contributed by atoms with E-state index in [0.717, 1.165) is 0 Å². The predicted octanol–water partition coefficient (Wildman–Crippen LogP) is 14.0. The van der Waals surface area contributed by atoms with Crippen LogP contribution in [0.15, 0.2) is 182 Å². The van der Waals surface area contributed by atoms with Crippen molar-refractivity contribution in [2.45, 2.75) is 6.92 Å². The molecule has 1 heteroatoms. The van der Waals surface area contributed by atoms with Crippen molar-refractivity contribution in [2.75, 3.05) is 0 Å². The number of hydrogen-bond donors (Lipinski definition) is 0. The van der Waals surface area contributed by atoms with Crippen LogP contribution in [0.3, 0.4) is 0 Å². The second kappa shape index (κ2) is 11.2. The molecule has 0 amide bonds. The lowest BCUT2D eigenvalue weighted by Gasteiger charge is -2.20. The van der Waals surface area contributed by atoms with Crippen molar-refractivity contribution in [1.29, 1.82) is 0 Å². The minimum Gasteiger partial charge on any atom is -0.309 e. The molecule has 0 saturated heterocycles. The lowest BCUT2D eigenvalue weighted by Crippen LogP contribution is -1.95. The molecule has 1 aliphatic rings. The minimum atomic E-state index is 1.17. The van der Waals surface area contributed by atoms with Crippen molar-refractivity contribution >= 4 is 43.4 Å². The normalized spacial score (nSPS) is 11.9. The monoisotopic (exact) mass is 659 g/mol. The number of hydrogen-bond acceptors (Lipinski definition) is 0. The first-order valence-electron chi connectivity index (χ1n) is 18.1. The highest BCUT2D eigenvalue weighted by Crippen LogP contribution is 2.59. The van der Waals surface area contributed by atoms with E-state index in [2.05, 4.69) is 193 Å². The molecule has 0 unspecified atom stereocenters. The topological polar surface area (TPSA) is 4.93 Å². The quantitative estimate of drug-likeness (QED) is 0.177. The Morgan fingerprint density at radius 2 is 0.885 bits per heavy atom. The Hall–Kier alpha value is -6.70. The molecule has 9 aromatic carbocycles. The second-order valence-electron chi connectivity index (χ2n) is 14.1. The number of fused-ring (bicyclic) bond motifs is 8. The fourth-order valence-corrected chi connectivity index (χ4v) is 8.96. The van der Waals surface area contributed by atoms with Gasteiger partial charge in [0.25, 0.3) is 0 Å². The summed E-state index contributed by atoms with van der Waals surface area (Å²) < 4.78 is 2.48. The summed E-state index contributed by atoms with van der Waals surface area (Å²) in [6.45, 7) is 2.15. The van der Waals surface area contributed by atoms with Crippen LogP contribution in [0.4, 0.5) is 0 Å². The number of aryl methyl sites for hydroxylation is 1. The fraction of sp³-hybridized carbons (Fsp3) is 0.0196. The Morgan fingerprint density at radius 1 is 0.327 bits per heavy atom. The van der Waals surface area contributed by atoms with Crippen LogP contribution in [-0.4, -0.2) is 4.57 Å². The van der Waals surface area contributed by atoms with Gasteiger partial charge in [0.05, 0.1) is 11.0 Å². The van der Waals surface area contributed by atoms with E-state index in [4.69, 9.17) is 0 Å². The molecule has 0 saturated carbocycles. The van der Waals surface area contributed by atoms with E-state index in [1.165, 1.54) is 110 Å². The van der Waals surface area contributed by atoms with Crippen molar-refractivity contribution in [2.24, 2.45) is 0 Å². The van der Waals surface area contributed by atoms with Gasteiger partial charge < -0.3 is 4.57 Å². The summed E-state index contributed by atoms with van der Waals surface area (Å²) in [6, 6.07) is 67.3. The number of rotatable bonds is 4. The molecule has 0 radical (unpaired) electrons. The standard InChI is InChI=1S/C51H33N/c1-32-24-26-33(27-25-32)36-28-29-44-42(30-36)49-40-22-13-23-41-48(40)43(31-45(49)52(44)37-18-9-4-10-19-37)51-47(35-16-7-3-8-17-35)39-21-12-11-20-38(39)46(50(41)51)34-14-5-2-6-15-34/h2-31H,1H3. The lowest BCUT2D eigenvalue weighted by atomic mass is 9.82. The zero-order valence-electron chi connectivity index (χ0n) is 28.8. The van der Waals surface area contributed by atoms with Crippen molar-refractivity contribution < 1.29 is 0 Å². The van der Waals surface area contributed by atoms with E-state index in [-0.39, 0.29) is 0 Å². The summed E-state index contributed by atoms with van der Waals surface area (Å²) in [4.78, 5) is 0. The molecule has 1 aliphatic carbocycles. The van der Waals surface area contributed by atoms with Crippen LogP contribution in [-0.2, 0) is 0 Å². The van der Waals surface area contributed by atoms with E-state index in [1.54, 1.807) is 0 Å². The fourth-order valence-electron chi connectivity index (χ4n) is 8.96. The predicted molar refractivity (Wildman–Crippen MR) is 221 cm³/mol. The van der Waals surface area contributed by atoms with Crippen molar-refractivity contribution in [3.8, 4) is 61.3 Å². The van der Waals surface area contributed by atoms with E-state index >= 15 is 0 Å². The lowest BCUT2D eigenvalue weighted by molar-refractivity contribution is 1.18. The molecule has 0 fully saturated rings. The van der Waals surface area contributed by atoms with Gasteiger partial charge in [0.15, 0.2) is 0 Å². The summed E-state index contributed by atoms with van der Waals surface area (Å²) >= 11 is 0. The van der Waals surface area contributed by atoms with Gasteiger partial charge in [-0.2, -0.15) is 0 Å². The Kier molecular flexibility index (Phi) is 6.23.